The molecule has 0 aliphatic heterocycles. The van der Waals surface area contributed by atoms with Crippen molar-refractivity contribution in [1.82, 2.24) is 20.6 Å². The van der Waals surface area contributed by atoms with Gasteiger partial charge in [0, 0.05) is 50.1 Å². The van der Waals surface area contributed by atoms with Gasteiger partial charge in [-0.15, -0.1) is 0 Å². The Kier molecular flexibility index (Phi) is 7.50. The quantitative estimate of drug-likeness (QED) is 0.517. The first-order valence-corrected chi connectivity index (χ1v) is 10.2. The Morgan fingerprint density at radius 2 is 1.90 bits per heavy atom. The molecule has 162 valence electrons. The highest BCUT2D eigenvalue weighted by Gasteiger charge is 2.12. The first kappa shape index (κ1) is 22.2. The third-order valence-electron chi connectivity index (χ3n) is 4.79. The third-order valence-corrected chi connectivity index (χ3v) is 4.79. The molecule has 0 aliphatic carbocycles. The number of carbonyl (C=O) groups excluding carboxylic acids is 2. The van der Waals surface area contributed by atoms with Crippen LogP contribution in [0.4, 0.5) is 10.6 Å². The number of pyridine rings is 2. The molecule has 0 radical (unpaired) electrons. The largest absolute Gasteiger partial charge is 0.384 e. The molecule has 2 aromatic heterocycles. The third kappa shape index (κ3) is 5.76. The summed E-state index contributed by atoms with van der Waals surface area (Å²) in [6.45, 7) is 5.07. The first-order chi connectivity index (χ1) is 15.0. The van der Waals surface area contributed by atoms with Crippen molar-refractivity contribution < 1.29 is 14.3 Å². The van der Waals surface area contributed by atoms with Crippen LogP contribution in [-0.2, 0) is 16.1 Å². The molecule has 3 N–H and O–H groups in total. The van der Waals surface area contributed by atoms with Crippen molar-refractivity contribution in [3.05, 3.63) is 54.0 Å². The van der Waals surface area contributed by atoms with Gasteiger partial charge in [0.25, 0.3) is 0 Å². The van der Waals surface area contributed by atoms with Gasteiger partial charge in [-0.1, -0.05) is 12.1 Å². The minimum Gasteiger partial charge on any atom is -0.384 e. The number of aryl methyl sites for hydroxylation is 1. The number of fused-ring (bicyclic) bond motifs is 1. The van der Waals surface area contributed by atoms with Crippen LogP contribution in [0.5, 0.6) is 0 Å². The van der Waals surface area contributed by atoms with Gasteiger partial charge in [-0.3, -0.25) is 15.1 Å². The van der Waals surface area contributed by atoms with Crippen molar-refractivity contribution in [1.29, 1.82) is 0 Å². The Hall–Kier alpha value is -3.52. The van der Waals surface area contributed by atoms with E-state index >= 15 is 0 Å². The average Bonchev–Trinajstić information content (AvgIpc) is 2.76. The SMILES string of the molecule is CCNC(=O)Nc1cc2c(-c3ccnc(C)c3)ccc(CNC(=O)CCOC)c2cn1. The highest BCUT2D eigenvalue weighted by molar-refractivity contribution is 6.01. The fourth-order valence-electron chi connectivity index (χ4n) is 3.28. The van der Waals surface area contributed by atoms with Crippen LogP contribution in [0.25, 0.3) is 21.9 Å². The van der Waals surface area contributed by atoms with Crippen molar-refractivity contribution in [3.8, 4) is 11.1 Å². The minimum atomic E-state index is -0.308. The molecule has 0 saturated carbocycles. The standard InChI is InChI=1S/C23H27N5O3/c1-4-24-23(30)28-21-12-19-18(16-7-9-25-15(2)11-16)6-5-17(20(19)14-26-21)13-27-22(29)8-10-31-3/h5-7,9,11-12,14H,4,8,10,13H2,1-3H3,(H,27,29)(H2,24,26,28,30). The smallest absolute Gasteiger partial charge is 0.320 e. The molecule has 0 aliphatic rings. The van der Waals surface area contributed by atoms with E-state index in [1.54, 1.807) is 19.5 Å². The van der Waals surface area contributed by atoms with Crippen molar-refractivity contribution >= 4 is 28.5 Å². The molecular weight excluding hydrogens is 394 g/mol. The van der Waals surface area contributed by atoms with E-state index in [2.05, 4.69) is 25.9 Å². The Morgan fingerprint density at radius 1 is 1.06 bits per heavy atom. The summed E-state index contributed by atoms with van der Waals surface area (Å²) in [7, 11) is 1.57. The molecule has 2 heterocycles. The molecule has 0 bridgehead atoms. The lowest BCUT2D eigenvalue weighted by Gasteiger charge is -2.14. The maximum atomic E-state index is 12.0. The van der Waals surface area contributed by atoms with Crippen LogP contribution in [-0.4, -0.2) is 42.2 Å². The van der Waals surface area contributed by atoms with E-state index in [-0.39, 0.29) is 11.9 Å². The number of rotatable bonds is 8. The second-order valence-electron chi connectivity index (χ2n) is 7.08. The Bertz CT molecular complexity index is 1080. The summed E-state index contributed by atoms with van der Waals surface area (Å²) in [5.41, 5.74) is 3.86. The number of nitrogens with one attached hydrogen (secondary N) is 3. The van der Waals surface area contributed by atoms with Crippen molar-refractivity contribution in [2.75, 3.05) is 25.6 Å². The number of carbonyl (C=O) groups is 2. The molecular formula is C23H27N5O3. The zero-order valence-electron chi connectivity index (χ0n) is 18.0. The number of methoxy groups -OCH3 is 1. The fourth-order valence-corrected chi connectivity index (χ4v) is 3.28. The lowest BCUT2D eigenvalue weighted by molar-refractivity contribution is -0.122. The molecule has 8 heteroatoms. The number of hydrogen-bond donors (Lipinski definition) is 3. The van der Waals surface area contributed by atoms with Gasteiger partial charge in [0.1, 0.15) is 5.82 Å². The number of hydrogen-bond acceptors (Lipinski definition) is 5. The molecule has 3 rings (SSSR count). The van der Waals surface area contributed by atoms with Crippen molar-refractivity contribution in [2.24, 2.45) is 0 Å². The average molecular weight is 422 g/mol. The molecule has 3 amide bonds. The zero-order valence-corrected chi connectivity index (χ0v) is 18.0. The van der Waals surface area contributed by atoms with Gasteiger partial charge in [0.15, 0.2) is 0 Å². The minimum absolute atomic E-state index is 0.0775. The highest BCUT2D eigenvalue weighted by atomic mass is 16.5. The van der Waals surface area contributed by atoms with E-state index in [0.717, 1.165) is 33.2 Å². The molecule has 3 aromatic rings. The molecule has 0 unspecified atom stereocenters. The van der Waals surface area contributed by atoms with E-state index < -0.39 is 0 Å². The second-order valence-corrected chi connectivity index (χ2v) is 7.08. The van der Waals surface area contributed by atoms with Crippen molar-refractivity contribution in [3.63, 3.8) is 0 Å². The number of amides is 3. The maximum Gasteiger partial charge on any atom is 0.320 e. The Labute approximate surface area is 181 Å². The predicted octanol–water partition coefficient (Wildman–Crippen LogP) is 3.40. The number of nitrogens with zero attached hydrogens (tertiary/aromatic N) is 2. The van der Waals surface area contributed by atoms with Crippen LogP contribution >= 0.6 is 0 Å². The maximum absolute atomic E-state index is 12.0. The number of anilines is 1. The van der Waals surface area contributed by atoms with Gasteiger partial charge in [0.05, 0.1) is 6.61 Å². The number of aromatic nitrogens is 2. The highest BCUT2D eigenvalue weighted by Crippen LogP contribution is 2.32. The number of urea groups is 1. The first-order valence-electron chi connectivity index (χ1n) is 10.2. The van der Waals surface area contributed by atoms with E-state index in [1.807, 2.05) is 44.2 Å². The lowest BCUT2D eigenvalue weighted by Crippen LogP contribution is -2.28. The van der Waals surface area contributed by atoms with Crippen molar-refractivity contribution in [2.45, 2.75) is 26.8 Å². The van der Waals surface area contributed by atoms with E-state index in [9.17, 15) is 9.59 Å². The Morgan fingerprint density at radius 3 is 2.65 bits per heavy atom. The topological polar surface area (TPSA) is 105 Å². The van der Waals surface area contributed by atoms with E-state index in [4.69, 9.17) is 4.74 Å². The van der Waals surface area contributed by atoms with Gasteiger partial charge in [0.2, 0.25) is 5.91 Å². The normalized spacial score (nSPS) is 10.7. The van der Waals surface area contributed by atoms with Crippen LogP contribution in [0, 0.1) is 6.92 Å². The van der Waals surface area contributed by atoms with E-state index in [1.165, 1.54) is 0 Å². The van der Waals surface area contributed by atoms with Crippen LogP contribution in [0.3, 0.4) is 0 Å². The monoisotopic (exact) mass is 421 g/mol. The molecule has 31 heavy (non-hydrogen) atoms. The fraction of sp³-hybridized carbons (Fsp3) is 0.304. The summed E-state index contributed by atoms with van der Waals surface area (Å²) in [5.74, 6) is 0.373. The summed E-state index contributed by atoms with van der Waals surface area (Å²) in [4.78, 5) is 32.6. The van der Waals surface area contributed by atoms with E-state index in [0.29, 0.717) is 31.9 Å². The summed E-state index contributed by atoms with van der Waals surface area (Å²) >= 11 is 0. The zero-order chi connectivity index (χ0) is 22.2. The summed E-state index contributed by atoms with van der Waals surface area (Å²) in [6, 6.07) is 9.51. The molecule has 0 atom stereocenters. The van der Waals surface area contributed by atoms with Gasteiger partial charge in [-0.2, -0.15) is 0 Å². The summed E-state index contributed by atoms with van der Waals surface area (Å²) in [5, 5.41) is 10.2. The van der Waals surface area contributed by atoms with Gasteiger partial charge < -0.3 is 15.4 Å². The van der Waals surface area contributed by atoms with Gasteiger partial charge in [-0.05, 0) is 54.1 Å². The molecule has 0 fully saturated rings. The molecule has 0 spiro atoms. The predicted molar refractivity (Wildman–Crippen MR) is 121 cm³/mol. The molecule has 0 saturated heterocycles. The summed E-state index contributed by atoms with van der Waals surface area (Å²) < 4.78 is 4.96. The lowest BCUT2D eigenvalue weighted by atomic mass is 9.96. The van der Waals surface area contributed by atoms with Gasteiger partial charge in [-0.25, -0.2) is 9.78 Å². The molecule has 1 aromatic carbocycles. The van der Waals surface area contributed by atoms with Gasteiger partial charge >= 0.3 is 6.03 Å². The number of benzene rings is 1. The second kappa shape index (κ2) is 10.5. The summed E-state index contributed by atoms with van der Waals surface area (Å²) in [6.07, 6.45) is 3.81. The Balaban J connectivity index is 2.00. The number of ether oxygens (including phenoxy) is 1. The van der Waals surface area contributed by atoms with Crippen LogP contribution in [0.1, 0.15) is 24.6 Å². The van der Waals surface area contributed by atoms with Crippen LogP contribution < -0.4 is 16.0 Å². The van der Waals surface area contributed by atoms with Crippen LogP contribution in [0.15, 0.2) is 42.7 Å². The van der Waals surface area contributed by atoms with Crippen LogP contribution in [0.2, 0.25) is 0 Å². The molecule has 8 nitrogen and oxygen atoms in total.